The van der Waals surface area contributed by atoms with E-state index < -0.39 is 7.12 Å². The minimum atomic E-state index is -0.454. The number of hydrogen-bond donors (Lipinski definition) is 0. The van der Waals surface area contributed by atoms with Crippen molar-refractivity contribution >= 4 is 24.2 Å². The van der Waals surface area contributed by atoms with E-state index in [9.17, 15) is 0 Å². The van der Waals surface area contributed by atoms with Crippen molar-refractivity contribution in [1.82, 2.24) is 9.97 Å². The lowest BCUT2D eigenvalue weighted by atomic mass is 9.79. The molecule has 0 radical (unpaired) electrons. The van der Waals surface area contributed by atoms with Gasteiger partial charge in [0, 0.05) is 35.2 Å². The van der Waals surface area contributed by atoms with Crippen molar-refractivity contribution in [3.63, 3.8) is 0 Å². The third-order valence-corrected chi connectivity index (χ3v) is 4.66. The maximum atomic E-state index is 6.23. The number of halogens is 1. The molecule has 0 aromatic carbocycles. The van der Waals surface area contributed by atoms with Gasteiger partial charge in [-0.3, -0.25) is 4.98 Å². The minimum absolute atomic E-state index is 0.383. The lowest BCUT2D eigenvalue weighted by Gasteiger charge is -2.32. The van der Waals surface area contributed by atoms with Gasteiger partial charge < -0.3 is 9.31 Å². The molecule has 114 valence electrons. The van der Waals surface area contributed by atoms with E-state index in [0.717, 1.165) is 16.6 Å². The molecule has 0 amide bonds. The molecule has 3 heterocycles. The van der Waals surface area contributed by atoms with E-state index in [-0.39, 0.29) is 11.2 Å². The Hall–Kier alpha value is -1.43. The molecule has 22 heavy (non-hydrogen) atoms. The molecule has 2 aromatic heterocycles. The number of rotatable bonds is 2. The van der Waals surface area contributed by atoms with Crippen LogP contribution in [-0.4, -0.2) is 28.3 Å². The second-order valence-electron chi connectivity index (χ2n) is 6.44. The monoisotopic (exact) mass is 316 g/mol. The molecule has 0 N–H and O–H groups in total. The number of aromatic nitrogens is 2. The lowest BCUT2D eigenvalue weighted by molar-refractivity contribution is 0.00578. The number of nitrogens with zero attached hydrogens (tertiary/aromatic N) is 2. The average Bonchev–Trinajstić information content (AvgIpc) is 2.69. The number of hydrogen-bond acceptors (Lipinski definition) is 4. The second-order valence-corrected chi connectivity index (χ2v) is 6.79. The van der Waals surface area contributed by atoms with Crippen LogP contribution in [-0.2, 0) is 9.31 Å². The summed E-state index contributed by atoms with van der Waals surface area (Å²) >= 11 is 6.23. The van der Waals surface area contributed by atoms with Gasteiger partial charge in [-0.2, -0.15) is 0 Å². The molecule has 2 aromatic rings. The van der Waals surface area contributed by atoms with Crippen molar-refractivity contribution in [2.75, 3.05) is 0 Å². The maximum absolute atomic E-state index is 6.23. The molecule has 0 unspecified atom stereocenters. The van der Waals surface area contributed by atoms with Gasteiger partial charge in [0.15, 0.2) is 0 Å². The average molecular weight is 317 g/mol. The van der Waals surface area contributed by atoms with E-state index in [1.807, 2.05) is 45.9 Å². The Bertz CT molecular complexity index is 676. The van der Waals surface area contributed by atoms with Gasteiger partial charge in [-0.1, -0.05) is 17.7 Å². The van der Waals surface area contributed by atoms with Gasteiger partial charge in [0.2, 0.25) is 0 Å². The fourth-order valence-corrected chi connectivity index (χ4v) is 2.51. The lowest BCUT2D eigenvalue weighted by Crippen LogP contribution is -2.41. The molecule has 1 saturated heterocycles. The molecule has 0 bridgehead atoms. The van der Waals surface area contributed by atoms with Crippen molar-refractivity contribution in [2.45, 2.75) is 38.9 Å². The van der Waals surface area contributed by atoms with Crippen LogP contribution in [0.3, 0.4) is 0 Å². The van der Waals surface area contributed by atoms with E-state index in [1.54, 1.807) is 18.6 Å². The summed E-state index contributed by atoms with van der Waals surface area (Å²) < 4.78 is 12.1. The zero-order valence-corrected chi connectivity index (χ0v) is 13.9. The van der Waals surface area contributed by atoms with Gasteiger partial charge >= 0.3 is 7.12 Å². The Labute approximate surface area is 136 Å². The summed E-state index contributed by atoms with van der Waals surface area (Å²) in [6.07, 6.45) is 5.18. The van der Waals surface area contributed by atoms with Crippen molar-refractivity contribution in [1.29, 1.82) is 0 Å². The highest BCUT2D eigenvalue weighted by Gasteiger charge is 2.51. The van der Waals surface area contributed by atoms with Crippen LogP contribution in [0.1, 0.15) is 27.7 Å². The topological polar surface area (TPSA) is 44.2 Å². The standard InChI is InChI=1S/C16H18BClN2O2/c1-15(2)16(3,4)22-17(21-15)12-8-13(14(18)20-10-12)11-6-5-7-19-9-11/h5-10H,1-4H3. The number of pyridine rings is 2. The molecule has 4 nitrogen and oxygen atoms in total. The largest absolute Gasteiger partial charge is 0.496 e. The summed E-state index contributed by atoms with van der Waals surface area (Å²) in [6, 6.07) is 5.77. The van der Waals surface area contributed by atoms with Crippen LogP contribution in [0.25, 0.3) is 11.1 Å². The normalized spacial score (nSPS) is 19.4. The first kappa shape index (κ1) is 15.5. The van der Waals surface area contributed by atoms with Gasteiger partial charge in [-0.25, -0.2) is 4.98 Å². The fourth-order valence-electron chi connectivity index (χ4n) is 2.30. The van der Waals surface area contributed by atoms with Crippen molar-refractivity contribution in [2.24, 2.45) is 0 Å². The molecular weight excluding hydrogens is 298 g/mol. The predicted octanol–water partition coefficient (Wildman–Crippen LogP) is 3.10. The SMILES string of the molecule is CC1(C)OB(c2cnc(Cl)c(-c3cccnc3)c2)OC1(C)C. The van der Waals surface area contributed by atoms with Crippen molar-refractivity contribution in [3.8, 4) is 11.1 Å². The van der Waals surface area contributed by atoms with Crippen LogP contribution in [0.2, 0.25) is 5.15 Å². The second kappa shape index (κ2) is 5.34. The van der Waals surface area contributed by atoms with Crippen LogP contribution in [0, 0.1) is 0 Å². The van der Waals surface area contributed by atoms with Crippen LogP contribution in [0.5, 0.6) is 0 Å². The van der Waals surface area contributed by atoms with E-state index >= 15 is 0 Å². The molecule has 1 aliphatic rings. The highest BCUT2D eigenvalue weighted by molar-refractivity contribution is 6.62. The zero-order chi connectivity index (χ0) is 16.0. The highest BCUT2D eigenvalue weighted by atomic mass is 35.5. The van der Waals surface area contributed by atoms with Crippen molar-refractivity contribution < 1.29 is 9.31 Å². The van der Waals surface area contributed by atoms with Crippen LogP contribution in [0.15, 0.2) is 36.8 Å². The molecule has 6 heteroatoms. The van der Waals surface area contributed by atoms with E-state index in [1.165, 1.54) is 0 Å². The van der Waals surface area contributed by atoms with E-state index in [2.05, 4.69) is 9.97 Å². The van der Waals surface area contributed by atoms with Gasteiger partial charge in [-0.15, -0.1) is 0 Å². The van der Waals surface area contributed by atoms with Crippen LogP contribution >= 0.6 is 11.6 Å². The quantitative estimate of drug-likeness (QED) is 0.631. The Balaban J connectivity index is 1.98. The molecule has 1 fully saturated rings. The summed E-state index contributed by atoms with van der Waals surface area (Å²) in [7, 11) is -0.454. The van der Waals surface area contributed by atoms with Gasteiger partial charge in [0.05, 0.1) is 11.2 Å². The van der Waals surface area contributed by atoms with Gasteiger partial charge in [0.1, 0.15) is 5.15 Å². The first-order valence-corrected chi connectivity index (χ1v) is 7.59. The van der Waals surface area contributed by atoms with E-state index in [4.69, 9.17) is 20.9 Å². The molecule has 0 spiro atoms. The first-order valence-electron chi connectivity index (χ1n) is 7.22. The highest BCUT2D eigenvalue weighted by Crippen LogP contribution is 2.36. The summed E-state index contributed by atoms with van der Waals surface area (Å²) in [4.78, 5) is 8.40. The van der Waals surface area contributed by atoms with Crippen molar-refractivity contribution in [3.05, 3.63) is 41.9 Å². The smallest absolute Gasteiger partial charge is 0.399 e. The van der Waals surface area contributed by atoms with Crippen LogP contribution < -0.4 is 5.46 Å². The Morgan fingerprint density at radius 3 is 2.36 bits per heavy atom. The molecule has 1 aliphatic heterocycles. The fraction of sp³-hybridized carbons (Fsp3) is 0.375. The molecular formula is C16H18BClN2O2. The molecule has 3 rings (SSSR count). The minimum Gasteiger partial charge on any atom is -0.399 e. The molecule has 0 saturated carbocycles. The Kier molecular flexibility index (Phi) is 3.75. The first-order chi connectivity index (χ1) is 10.3. The summed E-state index contributed by atoms with van der Waals surface area (Å²) in [5.74, 6) is 0. The van der Waals surface area contributed by atoms with Gasteiger partial charge in [-0.05, 0) is 39.8 Å². The Morgan fingerprint density at radius 1 is 1.09 bits per heavy atom. The summed E-state index contributed by atoms with van der Waals surface area (Å²) in [5.41, 5.74) is 1.82. The van der Waals surface area contributed by atoms with Gasteiger partial charge in [0.25, 0.3) is 0 Å². The molecule has 0 atom stereocenters. The Morgan fingerprint density at radius 2 is 1.77 bits per heavy atom. The third kappa shape index (κ3) is 2.64. The summed E-state index contributed by atoms with van der Waals surface area (Å²) in [6.45, 7) is 8.10. The zero-order valence-electron chi connectivity index (χ0n) is 13.1. The third-order valence-electron chi connectivity index (χ3n) is 4.36. The maximum Gasteiger partial charge on any atom is 0.496 e. The van der Waals surface area contributed by atoms with Crippen LogP contribution in [0.4, 0.5) is 0 Å². The van der Waals surface area contributed by atoms with E-state index in [0.29, 0.717) is 5.15 Å². The molecule has 0 aliphatic carbocycles. The summed E-state index contributed by atoms with van der Waals surface area (Å²) in [5, 5.41) is 0.438. The predicted molar refractivity (Wildman–Crippen MR) is 88.2 cm³/mol.